The first-order chi connectivity index (χ1) is 13.1. The molecule has 7 heteroatoms. The van der Waals surface area contributed by atoms with Gasteiger partial charge in [0, 0.05) is 6.42 Å². The molecule has 0 saturated carbocycles. The molecule has 144 valence electrons. The van der Waals surface area contributed by atoms with Gasteiger partial charge in [-0.25, -0.2) is 9.59 Å². The van der Waals surface area contributed by atoms with Gasteiger partial charge in [-0.05, 0) is 55.8 Å². The number of ether oxygens (including phenoxy) is 5. The normalized spacial score (nSPS) is 10.0. The van der Waals surface area contributed by atoms with Crippen molar-refractivity contribution in [3.8, 4) is 17.2 Å². The van der Waals surface area contributed by atoms with Gasteiger partial charge in [0.25, 0.3) is 0 Å². The number of hydrogen-bond acceptors (Lipinski definition) is 7. The molecule has 0 N–H and O–H groups in total. The average molecular weight is 374 g/mol. The van der Waals surface area contributed by atoms with Crippen molar-refractivity contribution in [1.82, 2.24) is 0 Å². The zero-order valence-electron chi connectivity index (χ0n) is 15.3. The van der Waals surface area contributed by atoms with E-state index in [9.17, 15) is 9.59 Å². The summed E-state index contributed by atoms with van der Waals surface area (Å²) < 4.78 is 25.1. The van der Waals surface area contributed by atoms with Gasteiger partial charge in [-0.15, -0.1) is 0 Å². The van der Waals surface area contributed by atoms with Crippen LogP contribution in [0.2, 0.25) is 0 Å². The van der Waals surface area contributed by atoms with E-state index in [1.165, 1.54) is 0 Å². The Morgan fingerprint density at radius 3 is 1.63 bits per heavy atom. The third-order valence-electron chi connectivity index (χ3n) is 3.33. The molecule has 0 aliphatic heterocycles. The van der Waals surface area contributed by atoms with Crippen molar-refractivity contribution < 1.29 is 33.3 Å². The number of carbonyl (C=O) groups excluding carboxylic acids is 2. The van der Waals surface area contributed by atoms with Crippen molar-refractivity contribution >= 4 is 12.3 Å². The highest BCUT2D eigenvalue weighted by molar-refractivity contribution is 5.64. The summed E-state index contributed by atoms with van der Waals surface area (Å²) in [5.41, 5.74) is 1.04. The standard InChI is InChI=1S/C20H22O7/c1-3-23-19(21)26-17-7-5-15(6-8-17)13-14-25-16-9-11-18(12-10-16)27-20(22)24-4-2/h5-12H,3-4,13-14H2,1-2H3. The molecule has 0 aliphatic carbocycles. The van der Waals surface area contributed by atoms with E-state index >= 15 is 0 Å². The molecule has 2 aromatic carbocycles. The van der Waals surface area contributed by atoms with Gasteiger partial charge in [0.1, 0.15) is 17.2 Å². The van der Waals surface area contributed by atoms with Crippen LogP contribution in [0, 0.1) is 0 Å². The van der Waals surface area contributed by atoms with Crippen molar-refractivity contribution in [1.29, 1.82) is 0 Å². The predicted molar refractivity (Wildman–Crippen MR) is 97.4 cm³/mol. The number of benzene rings is 2. The fraction of sp³-hybridized carbons (Fsp3) is 0.300. The molecule has 0 unspecified atom stereocenters. The summed E-state index contributed by atoms with van der Waals surface area (Å²) in [6.45, 7) is 4.42. The molecule has 0 amide bonds. The molecule has 0 aliphatic rings. The van der Waals surface area contributed by atoms with Gasteiger partial charge in [-0.3, -0.25) is 0 Å². The number of rotatable bonds is 8. The highest BCUT2D eigenvalue weighted by Crippen LogP contribution is 2.19. The van der Waals surface area contributed by atoms with Gasteiger partial charge in [-0.2, -0.15) is 0 Å². The topological polar surface area (TPSA) is 80.3 Å². The summed E-state index contributed by atoms with van der Waals surface area (Å²) >= 11 is 0. The van der Waals surface area contributed by atoms with Crippen molar-refractivity contribution in [2.24, 2.45) is 0 Å². The first kappa shape index (κ1) is 20.1. The van der Waals surface area contributed by atoms with Crippen molar-refractivity contribution in [2.75, 3.05) is 19.8 Å². The van der Waals surface area contributed by atoms with Crippen molar-refractivity contribution in [3.05, 3.63) is 54.1 Å². The van der Waals surface area contributed by atoms with Crippen LogP contribution in [0.4, 0.5) is 9.59 Å². The Hall–Kier alpha value is -3.22. The molecule has 0 radical (unpaired) electrons. The van der Waals surface area contributed by atoms with Crippen LogP contribution in [0.25, 0.3) is 0 Å². The molecule has 0 fully saturated rings. The minimum absolute atomic E-state index is 0.260. The summed E-state index contributed by atoms with van der Waals surface area (Å²) in [6.07, 6.45) is -0.772. The van der Waals surface area contributed by atoms with Gasteiger partial charge in [0.2, 0.25) is 0 Å². The van der Waals surface area contributed by atoms with E-state index in [1.807, 2.05) is 12.1 Å². The number of carbonyl (C=O) groups is 2. The quantitative estimate of drug-likeness (QED) is 0.501. The van der Waals surface area contributed by atoms with E-state index in [-0.39, 0.29) is 13.2 Å². The minimum Gasteiger partial charge on any atom is -0.493 e. The van der Waals surface area contributed by atoms with E-state index in [1.54, 1.807) is 50.2 Å². The Kier molecular flexibility index (Phi) is 7.96. The van der Waals surface area contributed by atoms with Gasteiger partial charge in [0.05, 0.1) is 19.8 Å². The second-order valence-corrected chi connectivity index (χ2v) is 5.28. The predicted octanol–water partition coefficient (Wildman–Crippen LogP) is 4.38. The van der Waals surface area contributed by atoms with E-state index in [2.05, 4.69) is 0 Å². The molecule has 2 aromatic rings. The van der Waals surface area contributed by atoms with Crippen LogP contribution >= 0.6 is 0 Å². The van der Waals surface area contributed by atoms with Crippen molar-refractivity contribution in [2.45, 2.75) is 20.3 Å². The summed E-state index contributed by atoms with van der Waals surface area (Å²) in [6, 6.07) is 13.8. The molecule has 27 heavy (non-hydrogen) atoms. The third kappa shape index (κ3) is 7.27. The Bertz CT molecular complexity index is 660. The lowest BCUT2D eigenvalue weighted by Crippen LogP contribution is -2.10. The van der Waals surface area contributed by atoms with Crippen LogP contribution in [0.15, 0.2) is 48.5 Å². The van der Waals surface area contributed by atoms with Gasteiger partial charge in [-0.1, -0.05) is 12.1 Å². The fourth-order valence-electron chi connectivity index (χ4n) is 2.10. The van der Waals surface area contributed by atoms with Crippen LogP contribution in [0.5, 0.6) is 17.2 Å². The largest absolute Gasteiger partial charge is 0.513 e. The van der Waals surface area contributed by atoms with Crippen LogP contribution < -0.4 is 14.2 Å². The molecule has 7 nitrogen and oxygen atoms in total. The molecule has 0 atom stereocenters. The van der Waals surface area contributed by atoms with Gasteiger partial charge >= 0.3 is 12.3 Å². The maximum absolute atomic E-state index is 11.2. The van der Waals surface area contributed by atoms with E-state index < -0.39 is 12.3 Å². The first-order valence-electron chi connectivity index (χ1n) is 8.61. The molecule has 0 heterocycles. The smallest absolute Gasteiger partial charge is 0.493 e. The lowest BCUT2D eigenvalue weighted by molar-refractivity contribution is 0.103. The highest BCUT2D eigenvalue weighted by Gasteiger charge is 2.06. The van der Waals surface area contributed by atoms with Crippen LogP contribution in [-0.4, -0.2) is 32.1 Å². The monoisotopic (exact) mass is 374 g/mol. The van der Waals surface area contributed by atoms with E-state index in [4.69, 9.17) is 23.7 Å². The first-order valence-corrected chi connectivity index (χ1v) is 8.61. The van der Waals surface area contributed by atoms with Gasteiger partial charge < -0.3 is 23.7 Å². The Morgan fingerprint density at radius 2 is 1.15 bits per heavy atom. The minimum atomic E-state index is -0.735. The Balaban J connectivity index is 1.75. The van der Waals surface area contributed by atoms with Crippen LogP contribution in [-0.2, 0) is 15.9 Å². The second-order valence-electron chi connectivity index (χ2n) is 5.28. The number of hydrogen-bond donors (Lipinski definition) is 0. The Labute approximate surface area is 157 Å². The van der Waals surface area contributed by atoms with E-state index in [0.29, 0.717) is 30.3 Å². The average Bonchev–Trinajstić information content (AvgIpc) is 2.65. The maximum Gasteiger partial charge on any atom is 0.513 e. The summed E-state index contributed by atoms with van der Waals surface area (Å²) in [5.74, 6) is 1.47. The lowest BCUT2D eigenvalue weighted by atomic mass is 10.1. The fourth-order valence-corrected chi connectivity index (χ4v) is 2.10. The summed E-state index contributed by atoms with van der Waals surface area (Å²) in [4.78, 5) is 22.5. The zero-order valence-corrected chi connectivity index (χ0v) is 15.3. The van der Waals surface area contributed by atoms with Crippen LogP contribution in [0.1, 0.15) is 19.4 Å². The highest BCUT2D eigenvalue weighted by atomic mass is 16.7. The van der Waals surface area contributed by atoms with Crippen molar-refractivity contribution in [3.63, 3.8) is 0 Å². The molecule has 0 saturated heterocycles. The molecular weight excluding hydrogens is 352 g/mol. The summed E-state index contributed by atoms with van der Waals surface area (Å²) in [5, 5.41) is 0. The van der Waals surface area contributed by atoms with Crippen LogP contribution in [0.3, 0.4) is 0 Å². The molecule has 0 aromatic heterocycles. The van der Waals surface area contributed by atoms with E-state index in [0.717, 1.165) is 5.56 Å². The van der Waals surface area contributed by atoms with Gasteiger partial charge in [0.15, 0.2) is 0 Å². The third-order valence-corrected chi connectivity index (χ3v) is 3.33. The SMILES string of the molecule is CCOC(=O)Oc1ccc(CCOc2ccc(OC(=O)OCC)cc2)cc1. The zero-order chi connectivity index (χ0) is 19.5. The molecule has 2 rings (SSSR count). The summed E-state index contributed by atoms with van der Waals surface area (Å²) in [7, 11) is 0. The maximum atomic E-state index is 11.2. The molecule has 0 spiro atoms. The second kappa shape index (κ2) is 10.7. The Morgan fingerprint density at radius 1 is 0.704 bits per heavy atom. The molecular formula is C20H22O7. The lowest BCUT2D eigenvalue weighted by Gasteiger charge is -2.08. The molecule has 0 bridgehead atoms.